The van der Waals surface area contributed by atoms with E-state index in [9.17, 15) is 4.79 Å². The summed E-state index contributed by atoms with van der Waals surface area (Å²) < 4.78 is 0. The van der Waals surface area contributed by atoms with E-state index in [1.165, 1.54) is 21.7 Å². The number of carbonyl (C=O) groups is 1. The Morgan fingerprint density at radius 2 is 1.83 bits per heavy atom. The van der Waals surface area contributed by atoms with Gasteiger partial charge in [0.25, 0.3) is 5.91 Å². The van der Waals surface area contributed by atoms with Gasteiger partial charge in [0.15, 0.2) is 0 Å². The van der Waals surface area contributed by atoms with Crippen LogP contribution in [0.2, 0.25) is 0 Å². The van der Waals surface area contributed by atoms with E-state index >= 15 is 0 Å². The Kier molecular flexibility index (Phi) is 7.97. The van der Waals surface area contributed by atoms with Gasteiger partial charge in [0.2, 0.25) is 0 Å². The maximum atomic E-state index is 12.6. The SMILES string of the molecule is CCCC(=C(C)CCCc1nccs1)c1ccc(NC(=O)c2ccccc2C)cc1. The summed E-state index contributed by atoms with van der Waals surface area (Å²) in [7, 11) is 0. The molecule has 0 aliphatic heterocycles. The van der Waals surface area contributed by atoms with Crippen molar-refractivity contribution in [2.45, 2.75) is 52.9 Å². The third-order valence-electron chi connectivity index (χ3n) is 5.32. The van der Waals surface area contributed by atoms with Gasteiger partial charge in [-0.25, -0.2) is 4.98 Å². The zero-order valence-electron chi connectivity index (χ0n) is 18.1. The highest BCUT2D eigenvalue weighted by Crippen LogP contribution is 2.28. The monoisotopic (exact) mass is 418 g/mol. The molecule has 3 rings (SSSR count). The van der Waals surface area contributed by atoms with E-state index in [4.69, 9.17) is 0 Å². The van der Waals surface area contributed by atoms with Gasteiger partial charge in [0, 0.05) is 22.8 Å². The fraction of sp³-hybridized carbons (Fsp3) is 0.308. The molecular formula is C26H30N2OS. The number of anilines is 1. The predicted molar refractivity (Wildman–Crippen MR) is 128 cm³/mol. The summed E-state index contributed by atoms with van der Waals surface area (Å²) in [4.78, 5) is 16.9. The van der Waals surface area contributed by atoms with Gasteiger partial charge in [0.05, 0.1) is 5.01 Å². The molecule has 0 radical (unpaired) electrons. The maximum absolute atomic E-state index is 12.6. The van der Waals surface area contributed by atoms with Crippen molar-refractivity contribution < 1.29 is 4.79 Å². The number of allylic oxidation sites excluding steroid dienone is 2. The Morgan fingerprint density at radius 1 is 1.07 bits per heavy atom. The third-order valence-corrected chi connectivity index (χ3v) is 6.16. The highest BCUT2D eigenvalue weighted by molar-refractivity contribution is 7.09. The van der Waals surface area contributed by atoms with E-state index in [1.807, 2.05) is 54.9 Å². The lowest BCUT2D eigenvalue weighted by Gasteiger charge is -2.14. The van der Waals surface area contributed by atoms with Gasteiger partial charge in [-0.15, -0.1) is 11.3 Å². The van der Waals surface area contributed by atoms with E-state index in [0.29, 0.717) is 5.56 Å². The minimum absolute atomic E-state index is 0.0662. The summed E-state index contributed by atoms with van der Waals surface area (Å²) in [6.07, 6.45) is 7.31. The number of aromatic nitrogens is 1. The van der Waals surface area contributed by atoms with Crippen molar-refractivity contribution in [3.8, 4) is 0 Å². The normalized spacial score (nSPS) is 11.8. The standard InChI is InChI=1S/C26H30N2OS/c1-4-8-23(19(2)10-7-12-25-27-17-18-30-25)21-13-15-22(16-14-21)28-26(29)24-11-6-5-9-20(24)3/h5-6,9,11,13-18H,4,7-8,10,12H2,1-3H3,(H,28,29). The van der Waals surface area contributed by atoms with Crippen LogP contribution in [0.5, 0.6) is 0 Å². The van der Waals surface area contributed by atoms with Gasteiger partial charge in [-0.3, -0.25) is 4.79 Å². The molecule has 0 spiro atoms. The lowest BCUT2D eigenvalue weighted by atomic mass is 9.93. The van der Waals surface area contributed by atoms with E-state index in [2.05, 4.69) is 36.3 Å². The average molecular weight is 419 g/mol. The summed E-state index contributed by atoms with van der Waals surface area (Å²) >= 11 is 1.73. The van der Waals surface area contributed by atoms with Gasteiger partial charge < -0.3 is 5.32 Å². The van der Waals surface area contributed by atoms with Gasteiger partial charge >= 0.3 is 0 Å². The first-order valence-corrected chi connectivity index (χ1v) is 11.5. The van der Waals surface area contributed by atoms with Crippen LogP contribution in [0, 0.1) is 6.92 Å². The highest BCUT2D eigenvalue weighted by Gasteiger charge is 2.10. The van der Waals surface area contributed by atoms with Crippen molar-refractivity contribution in [1.82, 2.24) is 4.98 Å². The average Bonchev–Trinajstić information content (AvgIpc) is 3.26. The first-order valence-electron chi connectivity index (χ1n) is 10.6. The van der Waals surface area contributed by atoms with E-state index < -0.39 is 0 Å². The Morgan fingerprint density at radius 3 is 2.50 bits per heavy atom. The Labute approximate surface area is 183 Å². The lowest BCUT2D eigenvalue weighted by molar-refractivity contribution is 0.102. The van der Waals surface area contributed by atoms with Crippen LogP contribution in [0.3, 0.4) is 0 Å². The molecule has 0 atom stereocenters. The minimum Gasteiger partial charge on any atom is -0.322 e. The Bertz CT molecular complexity index is 988. The van der Waals surface area contributed by atoms with Gasteiger partial charge in [-0.05, 0) is 74.4 Å². The first kappa shape index (κ1) is 22.0. The Hall–Kier alpha value is -2.72. The summed E-state index contributed by atoms with van der Waals surface area (Å²) in [6.45, 7) is 6.43. The molecule has 1 aromatic heterocycles. The van der Waals surface area contributed by atoms with Crippen LogP contribution in [-0.4, -0.2) is 10.9 Å². The molecule has 2 aromatic carbocycles. The molecule has 0 fully saturated rings. The van der Waals surface area contributed by atoms with E-state index in [0.717, 1.165) is 43.4 Å². The number of nitrogens with zero attached hydrogens (tertiary/aromatic N) is 1. The number of rotatable bonds is 9. The van der Waals surface area contributed by atoms with Crippen LogP contribution in [0.25, 0.3) is 5.57 Å². The summed E-state index contributed by atoms with van der Waals surface area (Å²) in [5.41, 5.74) is 6.64. The molecule has 0 unspecified atom stereocenters. The second-order valence-corrected chi connectivity index (χ2v) is 8.61. The van der Waals surface area contributed by atoms with E-state index in [-0.39, 0.29) is 5.91 Å². The predicted octanol–water partition coefficient (Wildman–Crippen LogP) is 7.30. The molecular weight excluding hydrogens is 388 g/mol. The van der Waals surface area contributed by atoms with Crippen molar-refractivity contribution in [2.75, 3.05) is 5.32 Å². The topological polar surface area (TPSA) is 42.0 Å². The number of hydrogen-bond acceptors (Lipinski definition) is 3. The lowest BCUT2D eigenvalue weighted by Crippen LogP contribution is -2.13. The molecule has 4 heteroatoms. The molecule has 0 bridgehead atoms. The largest absolute Gasteiger partial charge is 0.322 e. The van der Waals surface area contributed by atoms with Crippen LogP contribution >= 0.6 is 11.3 Å². The number of hydrogen-bond donors (Lipinski definition) is 1. The van der Waals surface area contributed by atoms with E-state index in [1.54, 1.807) is 11.3 Å². The smallest absolute Gasteiger partial charge is 0.255 e. The van der Waals surface area contributed by atoms with Gasteiger partial charge in [0.1, 0.15) is 0 Å². The minimum atomic E-state index is -0.0662. The fourth-order valence-electron chi connectivity index (χ4n) is 3.67. The van der Waals surface area contributed by atoms with Crippen LogP contribution in [0.1, 0.15) is 66.0 Å². The highest BCUT2D eigenvalue weighted by atomic mass is 32.1. The molecule has 30 heavy (non-hydrogen) atoms. The summed E-state index contributed by atoms with van der Waals surface area (Å²) in [5, 5.41) is 6.27. The number of aryl methyl sites for hydroxylation is 2. The number of amides is 1. The molecule has 1 heterocycles. The molecule has 3 nitrogen and oxygen atoms in total. The quantitative estimate of drug-likeness (QED) is 0.396. The molecule has 0 aliphatic carbocycles. The Balaban J connectivity index is 1.68. The van der Waals surface area contributed by atoms with Crippen LogP contribution in [-0.2, 0) is 6.42 Å². The molecule has 3 aromatic rings. The molecule has 1 N–H and O–H groups in total. The second-order valence-electron chi connectivity index (χ2n) is 7.63. The molecule has 156 valence electrons. The van der Waals surface area contributed by atoms with Crippen molar-refractivity contribution in [3.05, 3.63) is 87.4 Å². The summed E-state index contributed by atoms with van der Waals surface area (Å²) in [5.74, 6) is -0.0662. The third kappa shape index (κ3) is 5.90. The van der Waals surface area contributed by atoms with Gasteiger partial charge in [-0.2, -0.15) is 0 Å². The maximum Gasteiger partial charge on any atom is 0.255 e. The fourth-order valence-corrected chi connectivity index (χ4v) is 4.33. The number of benzene rings is 2. The van der Waals surface area contributed by atoms with Gasteiger partial charge in [-0.1, -0.05) is 49.2 Å². The molecule has 1 amide bonds. The first-order chi connectivity index (χ1) is 14.6. The molecule has 0 saturated heterocycles. The number of thiazole rings is 1. The number of carbonyl (C=O) groups excluding carboxylic acids is 1. The zero-order valence-corrected chi connectivity index (χ0v) is 18.9. The van der Waals surface area contributed by atoms with Crippen molar-refractivity contribution in [1.29, 1.82) is 0 Å². The van der Waals surface area contributed by atoms with Crippen molar-refractivity contribution >= 4 is 28.5 Å². The van der Waals surface area contributed by atoms with Crippen LogP contribution < -0.4 is 5.32 Å². The van der Waals surface area contributed by atoms with Crippen LogP contribution in [0.4, 0.5) is 5.69 Å². The second kappa shape index (κ2) is 10.9. The van der Waals surface area contributed by atoms with Crippen LogP contribution in [0.15, 0.2) is 65.7 Å². The number of nitrogens with one attached hydrogen (secondary N) is 1. The molecule has 0 aliphatic rings. The van der Waals surface area contributed by atoms with Crippen molar-refractivity contribution in [3.63, 3.8) is 0 Å². The molecule has 0 saturated carbocycles. The summed E-state index contributed by atoms with van der Waals surface area (Å²) in [6, 6.07) is 15.9. The zero-order chi connectivity index (χ0) is 21.3. The van der Waals surface area contributed by atoms with Crippen molar-refractivity contribution in [2.24, 2.45) is 0 Å².